The molecule has 5 heteroatoms. The van der Waals surface area contributed by atoms with Gasteiger partial charge in [0.15, 0.2) is 0 Å². The number of benzene rings is 1. The number of carbonyl (C=O) groups is 1. The monoisotopic (exact) mass is 335 g/mol. The number of nitriles is 1. The van der Waals surface area contributed by atoms with Gasteiger partial charge in [-0.1, -0.05) is 31.7 Å². The maximum absolute atomic E-state index is 11.1. The molecule has 5 nitrogen and oxygen atoms in total. The number of anilines is 1. The highest BCUT2D eigenvalue weighted by atomic mass is 16.4. The molecular weight excluding hydrogens is 314 g/mol. The Bertz CT molecular complexity index is 803. The van der Waals surface area contributed by atoms with Gasteiger partial charge in [-0.25, -0.2) is 4.79 Å². The van der Waals surface area contributed by atoms with Crippen LogP contribution in [0.3, 0.4) is 0 Å². The maximum atomic E-state index is 11.1. The number of aromatic carboxylic acids is 1. The van der Waals surface area contributed by atoms with Gasteiger partial charge in [-0.15, -0.1) is 0 Å². The van der Waals surface area contributed by atoms with Crippen LogP contribution in [-0.2, 0) is 0 Å². The second-order valence-electron chi connectivity index (χ2n) is 6.44. The lowest BCUT2D eigenvalue weighted by Gasteiger charge is -2.19. The molecule has 0 saturated heterocycles. The smallest absolute Gasteiger partial charge is 0.335 e. The van der Waals surface area contributed by atoms with Crippen molar-refractivity contribution in [2.75, 3.05) is 5.32 Å². The quantitative estimate of drug-likeness (QED) is 0.806. The second-order valence-corrected chi connectivity index (χ2v) is 6.44. The average molecular weight is 335 g/mol. The normalized spacial score (nSPS) is 15.2. The number of rotatable bonds is 4. The summed E-state index contributed by atoms with van der Waals surface area (Å²) in [4.78, 5) is 15.4. The highest BCUT2D eigenvalue weighted by molar-refractivity contribution is 5.89. The van der Waals surface area contributed by atoms with E-state index in [0.29, 0.717) is 17.3 Å². The third kappa shape index (κ3) is 4.16. The van der Waals surface area contributed by atoms with Crippen molar-refractivity contribution in [3.8, 4) is 17.3 Å². The van der Waals surface area contributed by atoms with Gasteiger partial charge in [0.05, 0.1) is 22.5 Å². The van der Waals surface area contributed by atoms with E-state index in [1.54, 1.807) is 6.07 Å². The zero-order valence-corrected chi connectivity index (χ0v) is 14.0. The van der Waals surface area contributed by atoms with Crippen molar-refractivity contribution in [2.24, 2.45) is 0 Å². The van der Waals surface area contributed by atoms with E-state index >= 15 is 0 Å². The Balaban J connectivity index is 1.85. The van der Waals surface area contributed by atoms with Gasteiger partial charge >= 0.3 is 5.97 Å². The molecule has 0 bridgehead atoms. The molecule has 1 aliphatic rings. The number of hydrogen-bond donors (Lipinski definition) is 2. The average Bonchev–Trinajstić information content (AvgIpc) is 2.91. The first-order valence-electron chi connectivity index (χ1n) is 8.68. The van der Waals surface area contributed by atoms with Crippen molar-refractivity contribution in [2.45, 2.75) is 44.6 Å². The van der Waals surface area contributed by atoms with E-state index in [0.717, 1.165) is 24.1 Å². The first-order chi connectivity index (χ1) is 12.2. The zero-order chi connectivity index (χ0) is 17.6. The molecule has 2 aromatic rings. The summed E-state index contributed by atoms with van der Waals surface area (Å²) in [6, 6.07) is 11.2. The van der Waals surface area contributed by atoms with Gasteiger partial charge in [0.25, 0.3) is 0 Å². The van der Waals surface area contributed by atoms with Crippen molar-refractivity contribution in [1.82, 2.24) is 4.98 Å². The zero-order valence-electron chi connectivity index (χ0n) is 14.0. The summed E-state index contributed by atoms with van der Waals surface area (Å²) < 4.78 is 0. The minimum atomic E-state index is -0.990. The number of nitrogens with one attached hydrogen (secondary N) is 1. The molecule has 1 aromatic heterocycles. The van der Waals surface area contributed by atoms with Crippen molar-refractivity contribution in [1.29, 1.82) is 5.26 Å². The van der Waals surface area contributed by atoms with Crippen molar-refractivity contribution in [3.63, 3.8) is 0 Å². The number of hydrogen-bond acceptors (Lipinski definition) is 4. The van der Waals surface area contributed by atoms with E-state index in [4.69, 9.17) is 5.11 Å². The molecule has 1 heterocycles. The molecule has 1 fully saturated rings. The third-order valence-corrected chi connectivity index (χ3v) is 4.66. The first kappa shape index (κ1) is 17.0. The fraction of sp³-hybridized carbons (Fsp3) is 0.350. The van der Waals surface area contributed by atoms with Gasteiger partial charge in [0.1, 0.15) is 6.07 Å². The molecule has 0 amide bonds. The SMILES string of the molecule is N#Cc1cc(-c2cc(C(=O)O)ccn2)ccc1NC1CCCCCC1. The Hall–Kier alpha value is -2.87. The number of carboxylic acid groups (broad SMARTS) is 1. The standard InChI is InChI=1S/C20H21N3O2/c21-13-16-11-14(19-12-15(20(24)25)9-10-22-19)7-8-18(16)23-17-5-3-1-2-4-6-17/h7-12,17,23H,1-6H2,(H,24,25). The number of aromatic nitrogens is 1. The Labute approximate surface area is 147 Å². The lowest BCUT2D eigenvalue weighted by molar-refractivity contribution is 0.0697. The molecule has 25 heavy (non-hydrogen) atoms. The van der Waals surface area contributed by atoms with Gasteiger partial charge in [-0.2, -0.15) is 5.26 Å². The molecule has 128 valence electrons. The van der Waals surface area contributed by atoms with Crippen LogP contribution < -0.4 is 5.32 Å². The molecular formula is C20H21N3O2. The van der Waals surface area contributed by atoms with E-state index in [2.05, 4.69) is 16.4 Å². The van der Waals surface area contributed by atoms with Crippen LogP contribution in [0.5, 0.6) is 0 Å². The van der Waals surface area contributed by atoms with Crippen LogP contribution in [0, 0.1) is 11.3 Å². The summed E-state index contributed by atoms with van der Waals surface area (Å²) in [7, 11) is 0. The van der Waals surface area contributed by atoms with Gasteiger partial charge in [-0.05, 0) is 37.1 Å². The lowest BCUT2D eigenvalue weighted by Crippen LogP contribution is -2.18. The molecule has 3 rings (SSSR count). The van der Waals surface area contributed by atoms with Gasteiger partial charge in [-0.3, -0.25) is 4.98 Å². The number of nitrogens with zero attached hydrogens (tertiary/aromatic N) is 2. The van der Waals surface area contributed by atoms with Crippen LogP contribution >= 0.6 is 0 Å². The molecule has 0 spiro atoms. The molecule has 0 unspecified atom stereocenters. The molecule has 0 atom stereocenters. The maximum Gasteiger partial charge on any atom is 0.335 e. The van der Waals surface area contributed by atoms with Crippen molar-refractivity contribution in [3.05, 3.63) is 47.7 Å². The summed E-state index contributed by atoms with van der Waals surface area (Å²) in [6.45, 7) is 0. The molecule has 1 aromatic carbocycles. The lowest BCUT2D eigenvalue weighted by atomic mass is 10.0. The molecule has 2 N–H and O–H groups in total. The van der Waals surface area contributed by atoms with E-state index in [1.807, 2.05) is 12.1 Å². The Kier molecular flexibility index (Phi) is 5.30. The molecule has 0 radical (unpaired) electrons. The van der Waals surface area contributed by atoms with Crippen molar-refractivity contribution >= 4 is 11.7 Å². The summed E-state index contributed by atoms with van der Waals surface area (Å²) in [6.07, 6.45) is 8.76. The predicted octanol–water partition coefficient (Wildman–Crippen LogP) is 4.45. The number of pyridine rings is 1. The Morgan fingerprint density at radius 2 is 1.92 bits per heavy atom. The highest BCUT2D eigenvalue weighted by Gasteiger charge is 2.14. The van der Waals surface area contributed by atoms with Crippen molar-refractivity contribution < 1.29 is 9.90 Å². The van der Waals surface area contributed by atoms with Gasteiger partial charge in [0, 0.05) is 17.8 Å². The van der Waals surface area contributed by atoms with E-state index in [-0.39, 0.29) is 5.56 Å². The topological polar surface area (TPSA) is 86.0 Å². The molecule has 1 aliphatic carbocycles. The van der Waals surface area contributed by atoms with Gasteiger partial charge in [0.2, 0.25) is 0 Å². The fourth-order valence-corrected chi connectivity index (χ4v) is 3.29. The van der Waals surface area contributed by atoms with E-state index in [9.17, 15) is 10.1 Å². The van der Waals surface area contributed by atoms with E-state index in [1.165, 1.54) is 44.0 Å². The second kappa shape index (κ2) is 7.80. The van der Waals surface area contributed by atoms with Crippen LogP contribution in [0.25, 0.3) is 11.3 Å². The van der Waals surface area contributed by atoms with Crippen LogP contribution in [0.4, 0.5) is 5.69 Å². The van der Waals surface area contributed by atoms with Crippen LogP contribution in [-0.4, -0.2) is 22.1 Å². The summed E-state index contributed by atoms with van der Waals surface area (Å²) >= 11 is 0. The molecule has 1 saturated carbocycles. The van der Waals surface area contributed by atoms with Crippen LogP contribution in [0.2, 0.25) is 0 Å². The fourth-order valence-electron chi connectivity index (χ4n) is 3.29. The van der Waals surface area contributed by atoms with Crippen LogP contribution in [0.1, 0.15) is 54.4 Å². The minimum absolute atomic E-state index is 0.184. The predicted molar refractivity (Wildman–Crippen MR) is 96.5 cm³/mol. The first-order valence-corrected chi connectivity index (χ1v) is 8.68. The largest absolute Gasteiger partial charge is 0.478 e. The highest BCUT2D eigenvalue weighted by Crippen LogP contribution is 2.27. The molecule has 0 aliphatic heterocycles. The summed E-state index contributed by atoms with van der Waals surface area (Å²) in [5.41, 5.74) is 2.88. The third-order valence-electron chi connectivity index (χ3n) is 4.66. The van der Waals surface area contributed by atoms with E-state index < -0.39 is 5.97 Å². The Morgan fingerprint density at radius 1 is 1.16 bits per heavy atom. The minimum Gasteiger partial charge on any atom is -0.478 e. The van der Waals surface area contributed by atoms with Crippen LogP contribution in [0.15, 0.2) is 36.5 Å². The number of carboxylic acids is 1. The Morgan fingerprint density at radius 3 is 2.60 bits per heavy atom. The summed E-state index contributed by atoms with van der Waals surface area (Å²) in [5.74, 6) is -0.990. The summed E-state index contributed by atoms with van der Waals surface area (Å²) in [5, 5.41) is 22.1. The van der Waals surface area contributed by atoms with Gasteiger partial charge < -0.3 is 10.4 Å².